The molecule has 1 rings (SSSR count). The molecule has 1 aliphatic carbocycles. The fourth-order valence-corrected chi connectivity index (χ4v) is 1.66. The molecule has 0 bridgehead atoms. The van der Waals surface area contributed by atoms with Crippen LogP contribution in [0.15, 0.2) is 0 Å². The molecule has 0 aliphatic heterocycles. The summed E-state index contributed by atoms with van der Waals surface area (Å²) in [5, 5.41) is 3.13. The lowest BCUT2D eigenvalue weighted by atomic mass is 9.74. The third kappa shape index (κ3) is 2.46. The smallest absolute Gasteiger partial charge is 0.236 e. The summed E-state index contributed by atoms with van der Waals surface area (Å²) in [6.45, 7) is 5.90. The summed E-state index contributed by atoms with van der Waals surface area (Å²) in [6, 6.07) is 0. The summed E-state index contributed by atoms with van der Waals surface area (Å²) in [5.74, 6) is 0.106. The SMILES string of the molecule is CCC1(NC(=O)C(C)(C)Br)CCC1. The minimum atomic E-state index is -0.440. The molecule has 0 saturated heterocycles. The van der Waals surface area contributed by atoms with Crippen molar-refractivity contribution in [3.63, 3.8) is 0 Å². The van der Waals surface area contributed by atoms with Gasteiger partial charge in [-0.3, -0.25) is 4.79 Å². The van der Waals surface area contributed by atoms with Gasteiger partial charge < -0.3 is 5.32 Å². The molecule has 0 radical (unpaired) electrons. The highest BCUT2D eigenvalue weighted by Gasteiger charge is 2.39. The van der Waals surface area contributed by atoms with Crippen molar-refractivity contribution in [1.29, 1.82) is 0 Å². The molecule has 76 valence electrons. The van der Waals surface area contributed by atoms with Gasteiger partial charge >= 0.3 is 0 Å². The van der Waals surface area contributed by atoms with Gasteiger partial charge in [0.15, 0.2) is 0 Å². The maximum Gasteiger partial charge on any atom is 0.236 e. The number of rotatable bonds is 3. The lowest BCUT2D eigenvalue weighted by Gasteiger charge is -2.43. The molecule has 0 spiro atoms. The Labute approximate surface area is 88.6 Å². The standard InChI is InChI=1S/C10H18BrNO/c1-4-10(6-5-7-10)12-8(13)9(2,3)11/h4-7H2,1-3H3,(H,12,13). The Balaban J connectivity index is 2.52. The number of hydrogen-bond donors (Lipinski definition) is 1. The van der Waals surface area contributed by atoms with Crippen LogP contribution in [-0.2, 0) is 4.79 Å². The zero-order chi connectivity index (χ0) is 10.1. The predicted molar refractivity (Wildman–Crippen MR) is 58.0 cm³/mol. The summed E-state index contributed by atoms with van der Waals surface area (Å²) in [7, 11) is 0. The Kier molecular flexibility index (Phi) is 3.05. The van der Waals surface area contributed by atoms with Gasteiger partial charge in [-0.1, -0.05) is 22.9 Å². The molecule has 0 aromatic heterocycles. The van der Waals surface area contributed by atoms with Crippen molar-refractivity contribution >= 4 is 21.8 Å². The third-order valence-corrected chi connectivity index (χ3v) is 3.27. The molecular formula is C10H18BrNO. The van der Waals surface area contributed by atoms with Gasteiger partial charge in [-0.15, -0.1) is 0 Å². The Bertz CT molecular complexity index is 198. The third-order valence-electron chi connectivity index (χ3n) is 2.91. The van der Waals surface area contributed by atoms with Gasteiger partial charge in [0.2, 0.25) is 5.91 Å². The van der Waals surface area contributed by atoms with Crippen molar-refractivity contribution in [2.75, 3.05) is 0 Å². The van der Waals surface area contributed by atoms with Gasteiger partial charge in [-0.2, -0.15) is 0 Å². The lowest BCUT2D eigenvalue weighted by molar-refractivity contribution is -0.125. The lowest BCUT2D eigenvalue weighted by Crippen LogP contribution is -2.56. The summed E-state index contributed by atoms with van der Waals surface area (Å²) in [6.07, 6.45) is 4.56. The molecule has 3 heteroatoms. The summed E-state index contributed by atoms with van der Waals surface area (Å²) in [4.78, 5) is 11.7. The Morgan fingerprint density at radius 1 is 1.54 bits per heavy atom. The van der Waals surface area contributed by atoms with Gasteiger partial charge in [0.25, 0.3) is 0 Å². The van der Waals surface area contributed by atoms with Crippen LogP contribution in [0.2, 0.25) is 0 Å². The van der Waals surface area contributed by atoms with Gasteiger partial charge in [-0.25, -0.2) is 0 Å². The highest BCUT2D eigenvalue weighted by Crippen LogP contribution is 2.35. The first-order valence-corrected chi connectivity index (χ1v) is 5.70. The number of halogens is 1. The zero-order valence-corrected chi connectivity index (χ0v) is 10.2. The molecule has 1 amide bonds. The molecule has 0 unspecified atom stereocenters. The Morgan fingerprint density at radius 2 is 2.08 bits per heavy atom. The van der Waals surface area contributed by atoms with Gasteiger partial charge in [0, 0.05) is 5.54 Å². The molecule has 1 N–H and O–H groups in total. The van der Waals surface area contributed by atoms with Crippen LogP contribution < -0.4 is 5.32 Å². The monoisotopic (exact) mass is 247 g/mol. The average molecular weight is 248 g/mol. The van der Waals surface area contributed by atoms with Gasteiger partial charge in [0.05, 0.1) is 4.32 Å². The van der Waals surface area contributed by atoms with Crippen LogP contribution in [0.1, 0.15) is 46.5 Å². The fourth-order valence-electron chi connectivity index (χ4n) is 1.56. The van der Waals surface area contributed by atoms with E-state index in [9.17, 15) is 4.79 Å². The van der Waals surface area contributed by atoms with Crippen LogP contribution in [-0.4, -0.2) is 15.8 Å². The first kappa shape index (κ1) is 11.0. The molecule has 1 fully saturated rings. The molecule has 1 aliphatic rings. The van der Waals surface area contributed by atoms with Gasteiger partial charge in [-0.05, 0) is 39.5 Å². The first-order chi connectivity index (χ1) is 5.90. The summed E-state index contributed by atoms with van der Waals surface area (Å²) >= 11 is 3.37. The largest absolute Gasteiger partial charge is 0.349 e. The van der Waals surface area contributed by atoms with Gasteiger partial charge in [0.1, 0.15) is 0 Å². The van der Waals surface area contributed by atoms with E-state index in [0.29, 0.717) is 0 Å². The van der Waals surface area contributed by atoms with Crippen LogP contribution in [0.25, 0.3) is 0 Å². The number of nitrogens with one attached hydrogen (secondary N) is 1. The van der Waals surface area contributed by atoms with E-state index < -0.39 is 4.32 Å². The maximum absolute atomic E-state index is 11.7. The second-order valence-electron chi connectivity index (χ2n) is 4.41. The number of amides is 1. The summed E-state index contributed by atoms with van der Waals surface area (Å²) < 4.78 is -0.440. The normalized spacial score (nSPS) is 20.6. The minimum Gasteiger partial charge on any atom is -0.349 e. The van der Waals surface area contributed by atoms with E-state index in [1.165, 1.54) is 6.42 Å². The van der Waals surface area contributed by atoms with Crippen LogP contribution in [0.3, 0.4) is 0 Å². The second kappa shape index (κ2) is 3.60. The molecule has 1 saturated carbocycles. The Morgan fingerprint density at radius 3 is 2.31 bits per heavy atom. The number of hydrogen-bond acceptors (Lipinski definition) is 1. The number of carbonyl (C=O) groups is 1. The van der Waals surface area contributed by atoms with Crippen LogP contribution in [0.4, 0.5) is 0 Å². The molecule has 13 heavy (non-hydrogen) atoms. The highest BCUT2D eigenvalue weighted by molar-refractivity contribution is 9.10. The molecular weight excluding hydrogens is 230 g/mol. The van der Waals surface area contributed by atoms with Crippen molar-refractivity contribution in [2.45, 2.75) is 56.3 Å². The fraction of sp³-hybridized carbons (Fsp3) is 0.900. The molecule has 0 atom stereocenters. The van der Waals surface area contributed by atoms with E-state index >= 15 is 0 Å². The molecule has 0 aromatic carbocycles. The van der Waals surface area contributed by atoms with Crippen molar-refractivity contribution in [1.82, 2.24) is 5.32 Å². The molecule has 0 aromatic rings. The zero-order valence-electron chi connectivity index (χ0n) is 8.61. The van der Waals surface area contributed by atoms with Crippen molar-refractivity contribution < 1.29 is 4.79 Å². The van der Waals surface area contributed by atoms with E-state index in [1.54, 1.807) is 0 Å². The number of alkyl halides is 1. The molecule has 0 heterocycles. The van der Waals surface area contributed by atoms with E-state index in [1.807, 2.05) is 13.8 Å². The topological polar surface area (TPSA) is 29.1 Å². The van der Waals surface area contributed by atoms with Crippen molar-refractivity contribution in [2.24, 2.45) is 0 Å². The van der Waals surface area contributed by atoms with Crippen LogP contribution in [0.5, 0.6) is 0 Å². The quantitative estimate of drug-likeness (QED) is 0.764. The molecule has 2 nitrogen and oxygen atoms in total. The highest BCUT2D eigenvalue weighted by atomic mass is 79.9. The Hall–Kier alpha value is -0.0500. The van der Waals surface area contributed by atoms with E-state index in [2.05, 4.69) is 28.2 Å². The average Bonchev–Trinajstić information content (AvgIpc) is 1.94. The summed E-state index contributed by atoms with van der Waals surface area (Å²) in [5.41, 5.74) is 0.113. The first-order valence-electron chi connectivity index (χ1n) is 4.91. The number of carbonyl (C=O) groups excluding carboxylic acids is 1. The second-order valence-corrected chi connectivity index (χ2v) is 6.40. The maximum atomic E-state index is 11.7. The minimum absolute atomic E-state index is 0.106. The van der Waals surface area contributed by atoms with Crippen LogP contribution in [0, 0.1) is 0 Å². The van der Waals surface area contributed by atoms with E-state index in [4.69, 9.17) is 0 Å². The van der Waals surface area contributed by atoms with E-state index in [-0.39, 0.29) is 11.4 Å². The predicted octanol–water partition coefficient (Wildman–Crippen LogP) is 2.61. The van der Waals surface area contributed by atoms with E-state index in [0.717, 1.165) is 19.3 Å². The van der Waals surface area contributed by atoms with Crippen LogP contribution >= 0.6 is 15.9 Å². The van der Waals surface area contributed by atoms with Crippen molar-refractivity contribution in [3.8, 4) is 0 Å². The van der Waals surface area contributed by atoms with Crippen molar-refractivity contribution in [3.05, 3.63) is 0 Å².